The number of aryl methyl sites for hydroxylation is 1. The van der Waals surface area contributed by atoms with Crippen LogP contribution in [0.25, 0.3) is 0 Å². The summed E-state index contributed by atoms with van der Waals surface area (Å²) in [6, 6.07) is 11.9. The lowest BCUT2D eigenvalue weighted by molar-refractivity contribution is 0.190. The van der Waals surface area contributed by atoms with Gasteiger partial charge in [0.15, 0.2) is 0 Å². The monoisotopic (exact) mass is 285 g/mol. The Labute approximate surface area is 123 Å². The Kier molecular flexibility index (Phi) is 4.56. The third-order valence-corrected chi connectivity index (χ3v) is 3.20. The van der Waals surface area contributed by atoms with Crippen LogP contribution in [0.4, 0.5) is 4.39 Å². The Balaban J connectivity index is 2.25. The molecule has 0 aliphatic heterocycles. The number of nitrogens with zero attached hydrogens (tertiary/aromatic N) is 1. The molecule has 21 heavy (non-hydrogen) atoms. The summed E-state index contributed by atoms with van der Waals surface area (Å²) in [6.45, 7) is 3.56. The summed E-state index contributed by atoms with van der Waals surface area (Å²) in [5.74, 6) is -0.0435. The van der Waals surface area contributed by atoms with Crippen molar-refractivity contribution in [3.05, 3.63) is 64.5 Å². The molecule has 0 aliphatic rings. The summed E-state index contributed by atoms with van der Waals surface area (Å²) in [6.07, 6.45) is -0.670. The maximum Gasteiger partial charge on any atom is 0.147 e. The van der Waals surface area contributed by atoms with Gasteiger partial charge in [-0.3, -0.25) is 0 Å². The van der Waals surface area contributed by atoms with Crippen LogP contribution >= 0.6 is 0 Å². The van der Waals surface area contributed by atoms with E-state index in [1.807, 2.05) is 13.0 Å². The Morgan fingerprint density at radius 1 is 1.33 bits per heavy atom. The molecule has 0 aromatic heterocycles. The van der Waals surface area contributed by atoms with Crippen molar-refractivity contribution in [2.24, 2.45) is 0 Å². The second-order valence-electron chi connectivity index (χ2n) is 4.90. The van der Waals surface area contributed by atoms with Crippen molar-refractivity contribution in [1.29, 1.82) is 5.26 Å². The molecule has 108 valence electrons. The molecule has 0 spiro atoms. The van der Waals surface area contributed by atoms with Crippen molar-refractivity contribution in [2.75, 3.05) is 0 Å². The zero-order valence-electron chi connectivity index (χ0n) is 11.9. The number of rotatable bonds is 4. The molecule has 0 unspecified atom stereocenters. The minimum absolute atomic E-state index is 0.00362. The van der Waals surface area contributed by atoms with Gasteiger partial charge in [-0.1, -0.05) is 24.3 Å². The van der Waals surface area contributed by atoms with Crippen LogP contribution in [0, 0.1) is 24.1 Å². The molecule has 0 amide bonds. The molecular weight excluding hydrogens is 269 g/mol. The Morgan fingerprint density at radius 2 is 2.10 bits per heavy atom. The highest BCUT2D eigenvalue weighted by Crippen LogP contribution is 2.27. The van der Waals surface area contributed by atoms with Gasteiger partial charge in [0.1, 0.15) is 24.2 Å². The first-order chi connectivity index (χ1) is 10.0. The first kappa shape index (κ1) is 15.0. The summed E-state index contributed by atoms with van der Waals surface area (Å²) >= 11 is 0. The molecule has 0 heterocycles. The number of aliphatic hydroxyl groups excluding tert-OH is 1. The van der Waals surface area contributed by atoms with Crippen LogP contribution in [0.5, 0.6) is 5.75 Å². The zero-order chi connectivity index (χ0) is 15.4. The van der Waals surface area contributed by atoms with Gasteiger partial charge in [0.05, 0.1) is 11.7 Å². The second kappa shape index (κ2) is 6.38. The van der Waals surface area contributed by atoms with Gasteiger partial charge in [0.2, 0.25) is 0 Å². The van der Waals surface area contributed by atoms with Gasteiger partial charge in [-0.2, -0.15) is 5.26 Å². The van der Waals surface area contributed by atoms with Gasteiger partial charge in [0, 0.05) is 11.1 Å². The first-order valence-corrected chi connectivity index (χ1v) is 6.62. The van der Waals surface area contributed by atoms with E-state index in [1.165, 1.54) is 6.07 Å². The van der Waals surface area contributed by atoms with E-state index >= 15 is 0 Å². The highest BCUT2D eigenvalue weighted by Gasteiger charge is 2.12. The van der Waals surface area contributed by atoms with E-state index in [1.54, 1.807) is 37.3 Å². The number of hydrogen-bond acceptors (Lipinski definition) is 3. The van der Waals surface area contributed by atoms with Crippen LogP contribution < -0.4 is 4.74 Å². The van der Waals surface area contributed by atoms with E-state index in [4.69, 9.17) is 10.00 Å². The summed E-state index contributed by atoms with van der Waals surface area (Å²) in [5, 5.41) is 18.5. The molecule has 0 radical (unpaired) electrons. The van der Waals surface area contributed by atoms with E-state index in [0.717, 1.165) is 5.56 Å². The average Bonchev–Trinajstić information content (AvgIpc) is 2.46. The quantitative estimate of drug-likeness (QED) is 0.933. The molecule has 4 heteroatoms. The van der Waals surface area contributed by atoms with Gasteiger partial charge in [-0.25, -0.2) is 4.39 Å². The average molecular weight is 285 g/mol. The Morgan fingerprint density at radius 3 is 2.76 bits per heavy atom. The molecule has 1 N–H and O–H groups in total. The third-order valence-electron chi connectivity index (χ3n) is 3.20. The zero-order valence-corrected chi connectivity index (χ0v) is 11.9. The van der Waals surface area contributed by atoms with Gasteiger partial charge < -0.3 is 9.84 Å². The number of hydrogen-bond donors (Lipinski definition) is 1. The summed E-state index contributed by atoms with van der Waals surface area (Å²) in [4.78, 5) is 0. The molecule has 2 rings (SSSR count). The van der Waals surface area contributed by atoms with Crippen molar-refractivity contribution in [3.63, 3.8) is 0 Å². The highest BCUT2D eigenvalue weighted by molar-refractivity contribution is 5.39. The van der Waals surface area contributed by atoms with Crippen LogP contribution in [-0.4, -0.2) is 5.11 Å². The molecule has 2 aromatic carbocycles. The fraction of sp³-hybridized carbons (Fsp3) is 0.235. The van der Waals surface area contributed by atoms with E-state index in [9.17, 15) is 9.50 Å². The maximum atomic E-state index is 14.0. The number of aliphatic hydroxyl groups is 1. The van der Waals surface area contributed by atoms with Gasteiger partial charge >= 0.3 is 0 Å². The minimum Gasteiger partial charge on any atom is -0.488 e. The maximum absolute atomic E-state index is 14.0. The molecule has 0 bridgehead atoms. The van der Waals surface area contributed by atoms with Gasteiger partial charge in [-0.05, 0) is 31.5 Å². The summed E-state index contributed by atoms with van der Waals surface area (Å²) < 4.78 is 19.6. The number of nitriles is 1. The van der Waals surface area contributed by atoms with E-state index in [0.29, 0.717) is 16.9 Å². The standard InChI is InChI=1S/C17H16FNO2/c1-11-6-7-15(12(2)20)16(8-11)21-10-14-5-3-4-13(9-19)17(14)18/h3-8,12,20H,10H2,1-2H3/t12-/m0/s1. The van der Waals surface area contributed by atoms with Crippen LogP contribution in [0.15, 0.2) is 36.4 Å². The topological polar surface area (TPSA) is 53.2 Å². The second-order valence-corrected chi connectivity index (χ2v) is 4.90. The van der Waals surface area contributed by atoms with Crippen molar-refractivity contribution in [3.8, 4) is 11.8 Å². The SMILES string of the molecule is Cc1ccc([C@H](C)O)c(OCc2cccc(C#N)c2F)c1. The number of ether oxygens (including phenoxy) is 1. The van der Waals surface area contributed by atoms with Crippen molar-refractivity contribution in [2.45, 2.75) is 26.6 Å². The largest absolute Gasteiger partial charge is 0.488 e. The van der Waals surface area contributed by atoms with Crippen LogP contribution in [0.2, 0.25) is 0 Å². The van der Waals surface area contributed by atoms with Crippen LogP contribution in [0.3, 0.4) is 0 Å². The van der Waals surface area contributed by atoms with E-state index < -0.39 is 11.9 Å². The van der Waals surface area contributed by atoms with Crippen LogP contribution in [0.1, 0.15) is 35.3 Å². The van der Waals surface area contributed by atoms with E-state index in [2.05, 4.69) is 0 Å². The fourth-order valence-corrected chi connectivity index (χ4v) is 2.04. The lowest BCUT2D eigenvalue weighted by Crippen LogP contribution is -2.04. The minimum atomic E-state index is -0.670. The first-order valence-electron chi connectivity index (χ1n) is 6.62. The molecule has 1 atom stereocenters. The predicted molar refractivity (Wildman–Crippen MR) is 77.3 cm³/mol. The lowest BCUT2D eigenvalue weighted by atomic mass is 10.1. The fourth-order valence-electron chi connectivity index (χ4n) is 2.04. The van der Waals surface area contributed by atoms with Crippen molar-refractivity contribution >= 4 is 0 Å². The predicted octanol–water partition coefficient (Wildman–Crippen LogP) is 3.64. The Bertz CT molecular complexity index is 690. The summed E-state index contributed by atoms with van der Waals surface area (Å²) in [7, 11) is 0. The molecule has 0 saturated heterocycles. The normalized spacial score (nSPS) is 11.8. The summed E-state index contributed by atoms with van der Waals surface area (Å²) in [5.41, 5.74) is 1.95. The molecule has 0 fully saturated rings. The number of halogens is 1. The smallest absolute Gasteiger partial charge is 0.147 e. The highest BCUT2D eigenvalue weighted by atomic mass is 19.1. The van der Waals surface area contributed by atoms with Gasteiger partial charge in [0.25, 0.3) is 0 Å². The molecule has 2 aromatic rings. The van der Waals surface area contributed by atoms with Crippen LogP contribution in [-0.2, 0) is 6.61 Å². The van der Waals surface area contributed by atoms with Crippen molar-refractivity contribution < 1.29 is 14.2 Å². The molecular formula is C17H16FNO2. The number of benzene rings is 2. The third kappa shape index (κ3) is 3.39. The van der Waals surface area contributed by atoms with E-state index in [-0.39, 0.29) is 12.2 Å². The molecule has 3 nitrogen and oxygen atoms in total. The van der Waals surface area contributed by atoms with Gasteiger partial charge in [-0.15, -0.1) is 0 Å². The Hall–Kier alpha value is -2.38. The van der Waals surface area contributed by atoms with Crippen molar-refractivity contribution in [1.82, 2.24) is 0 Å². The molecule has 0 aliphatic carbocycles. The molecule has 0 saturated carbocycles. The lowest BCUT2D eigenvalue weighted by Gasteiger charge is -2.14.